The third kappa shape index (κ3) is 2.96. The van der Waals surface area contributed by atoms with E-state index in [2.05, 4.69) is 53.1 Å². The van der Waals surface area contributed by atoms with Crippen LogP contribution in [-0.2, 0) is 0 Å². The number of amides is 1. The van der Waals surface area contributed by atoms with Crippen LogP contribution in [0.1, 0.15) is 10.6 Å². The Hall–Kier alpha value is -0.790. The molecule has 94 valence electrons. The quantitative estimate of drug-likeness (QED) is 0.683. The summed E-state index contributed by atoms with van der Waals surface area (Å²) in [5.41, 5.74) is 6.87. The number of hydrogen-bond acceptors (Lipinski definition) is 3. The van der Waals surface area contributed by atoms with Crippen LogP contribution in [0.25, 0.3) is 0 Å². The zero-order chi connectivity index (χ0) is 13.3. The Kier molecular flexibility index (Phi) is 4.14. The third-order valence-corrected chi connectivity index (χ3v) is 3.78. The van der Waals surface area contributed by atoms with Crippen LogP contribution >= 0.6 is 47.8 Å². The molecule has 0 atom stereocenters. The molecule has 0 radical (unpaired) electrons. The number of nitrogen functional groups attached to an aromatic ring is 1. The number of anilines is 2. The van der Waals surface area contributed by atoms with E-state index in [0.717, 1.165) is 0 Å². The van der Waals surface area contributed by atoms with Crippen LogP contribution in [0.3, 0.4) is 0 Å². The van der Waals surface area contributed by atoms with Gasteiger partial charge in [-0.1, -0.05) is 0 Å². The second-order valence-corrected chi connectivity index (χ2v) is 5.91. The minimum atomic E-state index is -0.341. The minimum absolute atomic E-state index is 0.220. The molecule has 1 aromatic heterocycles. The highest BCUT2D eigenvalue weighted by Crippen LogP contribution is 2.33. The Morgan fingerprint density at radius 1 is 1.17 bits per heavy atom. The Bertz CT molecular complexity index is 587. The number of carbonyl (C=O) groups is 1. The van der Waals surface area contributed by atoms with E-state index in [4.69, 9.17) is 10.2 Å². The van der Waals surface area contributed by atoms with Crippen LogP contribution in [0.5, 0.6) is 0 Å². The molecule has 7 heteroatoms. The zero-order valence-corrected chi connectivity index (χ0v) is 13.6. The molecule has 2 rings (SSSR count). The predicted molar refractivity (Wildman–Crippen MR) is 80.6 cm³/mol. The van der Waals surface area contributed by atoms with Crippen LogP contribution < -0.4 is 11.1 Å². The summed E-state index contributed by atoms with van der Waals surface area (Å²) in [4.78, 5) is 11.9. The Labute approximate surface area is 128 Å². The molecule has 1 amide bonds. The Morgan fingerprint density at radius 2 is 1.78 bits per heavy atom. The molecule has 0 spiro atoms. The molecule has 0 unspecified atom stereocenters. The van der Waals surface area contributed by atoms with Crippen LogP contribution in [0, 0.1) is 0 Å². The van der Waals surface area contributed by atoms with Crippen LogP contribution in [-0.4, -0.2) is 5.91 Å². The van der Waals surface area contributed by atoms with Crippen molar-refractivity contribution < 1.29 is 9.21 Å². The smallest absolute Gasteiger partial charge is 0.291 e. The number of halogens is 3. The highest BCUT2D eigenvalue weighted by atomic mass is 79.9. The first kappa shape index (κ1) is 13.6. The molecule has 0 aliphatic carbocycles. The zero-order valence-electron chi connectivity index (χ0n) is 8.84. The van der Waals surface area contributed by atoms with Crippen LogP contribution in [0.4, 0.5) is 11.4 Å². The fraction of sp³-hybridized carbons (Fsp3) is 0. The highest BCUT2D eigenvalue weighted by Gasteiger charge is 2.14. The average molecular weight is 439 g/mol. The van der Waals surface area contributed by atoms with Crippen molar-refractivity contribution in [3.05, 3.63) is 43.6 Å². The van der Waals surface area contributed by atoms with E-state index < -0.39 is 0 Å². The van der Waals surface area contributed by atoms with Gasteiger partial charge in [-0.25, -0.2) is 0 Å². The lowest BCUT2D eigenvalue weighted by Crippen LogP contribution is -2.12. The molecule has 0 bridgehead atoms. The number of nitrogens with two attached hydrogens (primary N) is 1. The number of carbonyl (C=O) groups excluding carboxylic acids is 1. The van der Waals surface area contributed by atoms with Crippen molar-refractivity contribution in [3.63, 3.8) is 0 Å². The van der Waals surface area contributed by atoms with Crippen molar-refractivity contribution in [3.8, 4) is 0 Å². The van der Waals surface area contributed by atoms with Crippen LogP contribution in [0.2, 0.25) is 0 Å². The van der Waals surface area contributed by atoms with Gasteiger partial charge in [0.05, 0.1) is 5.69 Å². The number of hydrogen-bond donors (Lipinski definition) is 2. The van der Waals surface area contributed by atoms with E-state index in [-0.39, 0.29) is 11.7 Å². The topological polar surface area (TPSA) is 68.3 Å². The monoisotopic (exact) mass is 436 g/mol. The van der Waals surface area contributed by atoms with Gasteiger partial charge in [-0.15, -0.1) is 0 Å². The second kappa shape index (κ2) is 5.46. The van der Waals surface area contributed by atoms with E-state index in [0.29, 0.717) is 25.0 Å². The lowest BCUT2D eigenvalue weighted by Gasteiger charge is -2.09. The summed E-state index contributed by atoms with van der Waals surface area (Å²) in [6.45, 7) is 0. The summed E-state index contributed by atoms with van der Waals surface area (Å²) >= 11 is 9.82. The van der Waals surface area contributed by atoms with Gasteiger partial charge in [0.25, 0.3) is 5.91 Å². The molecule has 1 aromatic carbocycles. The first-order chi connectivity index (χ1) is 8.47. The van der Waals surface area contributed by atoms with Gasteiger partial charge in [0.2, 0.25) is 0 Å². The van der Waals surface area contributed by atoms with Gasteiger partial charge in [0.15, 0.2) is 10.4 Å². The molecule has 3 N–H and O–H groups in total. The lowest BCUT2D eigenvalue weighted by atomic mass is 10.3. The molecule has 1 heterocycles. The van der Waals surface area contributed by atoms with Crippen molar-refractivity contribution >= 4 is 65.1 Å². The van der Waals surface area contributed by atoms with Crippen molar-refractivity contribution in [2.24, 2.45) is 0 Å². The predicted octanol–water partition coefficient (Wildman–Crippen LogP) is 4.40. The molecule has 0 saturated carbocycles. The summed E-state index contributed by atoms with van der Waals surface area (Å²) in [7, 11) is 0. The summed E-state index contributed by atoms with van der Waals surface area (Å²) in [6, 6.07) is 6.65. The highest BCUT2D eigenvalue weighted by molar-refractivity contribution is 9.11. The summed E-state index contributed by atoms with van der Waals surface area (Å²) < 4.78 is 7.05. The van der Waals surface area contributed by atoms with Gasteiger partial charge >= 0.3 is 0 Å². The van der Waals surface area contributed by atoms with Crippen molar-refractivity contribution in [1.29, 1.82) is 0 Å². The van der Waals surface area contributed by atoms with E-state index in [1.807, 2.05) is 0 Å². The Morgan fingerprint density at radius 3 is 2.28 bits per heavy atom. The SMILES string of the molecule is Nc1cc(Br)c(NC(=O)c2ccc(Br)o2)c(Br)c1. The molecule has 18 heavy (non-hydrogen) atoms. The van der Waals surface area contributed by atoms with Crippen LogP contribution in [0.15, 0.2) is 42.3 Å². The summed E-state index contributed by atoms with van der Waals surface area (Å²) in [5.74, 6) is -0.121. The maximum atomic E-state index is 11.9. The van der Waals surface area contributed by atoms with E-state index in [9.17, 15) is 4.79 Å². The number of benzene rings is 1. The van der Waals surface area contributed by atoms with Crippen molar-refractivity contribution in [1.82, 2.24) is 0 Å². The van der Waals surface area contributed by atoms with Crippen molar-refractivity contribution in [2.75, 3.05) is 11.1 Å². The summed E-state index contributed by atoms with van der Waals surface area (Å²) in [5, 5.41) is 2.73. The van der Waals surface area contributed by atoms with E-state index in [1.54, 1.807) is 24.3 Å². The summed E-state index contributed by atoms with van der Waals surface area (Å²) in [6.07, 6.45) is 0. The number of nitrogens with one attached hydrogen (secondary N) is 1. The van der Waals surface area contributed by atoms with Crippen molar-refractivity contribution in [2.45, 2.75) is 0 Å². The van der Waals surface area contributed by atoms with Gasteiger partial charge in [-0.05, 0) is 72.1 Å². The van der Waals surface area contributed by atoms with E-state index in [1.165, 1.54) is 0 Å². The molecule has 2 aromatic rings. The molecule has 0 aliphatic rings. The molecule has 0 saturated heterocycles. The standard InChI is InChI=1S/C11H7Br3N2O2/c12-6-3-5(15)4-7(13)10(6)16-11(17)8-1-2-9(14)18-8/h1-4H,15H2,(H,16,17). The largest absolute Gasteiger partial charge is 0.444 e. The fourth-order valence-electron chi connectivity index (χ4n) is 1.32. The van der Waals surface area contributed by atoms with Gasteiger partial charge < -0.3 is 15.5 Å². The Balaban J connectivity index is 2.27. The maximum Gasteiger partial charge on any atom is 0.291 e. The second-order valence-electron chi connectivity index (χ2n) is 3.42. The van der Waals surface area contributed by atoms with Gasteiger partial charge in [-0.3, -0.25) is 4.79 Å². The van der Waals surface area contributed by atoms with E-state index >= 15 is 0 Å². The first-order valence-corrected chi connectivity index (χ1v) is 7.16. The molecular weight excluding hydrogens is 432 g/mol. The molecular formula is C11H7Br3N2O2. The third-order valence-electron chi connectivity index (χ3n) is 2.10. The van der Waals surface area contributed by atoms with Gasteiger partial charge in [0, 0.05) is 14.6 Å². The number of rotatable bonds is 2. The number of furan rings is 1. The normalized spacial score (nSPS) is 10.4. The van der Waals surface area contributed by atoms with Gasteiger partial charge in [-0.2, -0.15) is 0 Å². The minimum Gasteiger partial charge on any atom is -0.444 e. The fourth-order valence-corrected chi connectivity index (χ4v) is 3.05. The maximum absolute atomic E-state index is 11.9. The average Bonchev–Trinajstić information content (AvgIpc) is 2.70. The lowest BCUT2D eigenvalue weighted by molar-refractivity contribution is 0.0995. The molecule has 4 nitrogen and oxygen atoms in total. The first-order valence-electron chi connectivity index (χ1n) is 4.78. The van der Waals surface area contributed by atoms with Gasteiger partial charge in [0.1, 0.15) is 0 Å². The molecule has 0 aliphatic heterocycles. The molecule has 0 fully saturated rings.